The number of halogens is 3. The number of benzene rings is 3. The molecule has 3 aromatic carbocycles. The van der Waals surface area contributed by atoms with Gasteiger partial charge in [0.2, 0.25) is 11.9 Å². The molecule has 0 bridgehead atoms. The van der Waals surface area contributed by atoms with Crippen LogP contribution in [-0.4, -0.2) is 81.6 Å². The van der Waals surface area contributed by atoms with Crippen molar-refractivity contribution in [3.05, 3.63) is 89.0 Å². The van der Waals surface area contributed by atoms with E-state index in [9.17, 15) is 32.7 Å². The van der Waals surface area contributed by atoms with E-state index >= 15 is 0 Å². The number of imide groups is 1. The van der Waals surface area contributed by atoms with Crippen LogP contribution in [0.5, 0.6) is 0 Å². The van der Waals surface area contributed by atoms with Gasteiger partial charge in [-0.2, -0.15) is 13.2 Å². The molecule has 0 spiro atoms. The maximum Gasteiger partial charge on any atom is 0.416 e. The van der Waals surface area contributed by atoms with Gasteiger partial charge in [-0.25, -0.2) is 9.78 Å². The number of carbonyl (C=O) groups excluding carboxylic acids is 3. The number of amides is 4. The third kappa shape index (κ3) is 7.98. The van der Waals surface area contributed by atoms with E-state index in [1.165, 1.54) is 12.1 Å². The lowest BCUT2D eigenvalue weighted by molar-refractivity contribution is -0.137. The molecule has 3 aliphatic rings. The lowest BCUT2D eigenvalue weighted by Gasteiger charge is -2.35. The molecule has 4 amide bonds. The second-order valence-electron chi connectivity index (χ2n) is 14.0. The van der Waals surface area contributed by atoms with E-state index in [0.29, 0.717) is 24.6 Å². The van der Waals surface area contributed by atoms with Gasteiger partial charge in [-0.1, -0.05) is 24.3 Å². The molecule has 7 rings (SSSR count). The van der Waals surface area contributed by atoms with Crippen LogP contribution >= 0.6 is 0 Å². The molecule has 3 fully saturated rings. The second-order valence-corrected chi connectivity index (χ2v) is 14.0. The number of hydrogen-bond donors (Lipinski definition) is 3. The molecule has 274 valence electrons. The summed E-state index contributed by atoms with van der Waals surface area (Å²) in [6, 6.07) is 18.0. The largest absolute Gasteiger partial charge is 0.416 e. The first-order valence-electron chi connectivity index (χ1n) is 17.8. The van der Waals surface area contributed by atoms with Gasteiger partial charge in [-0.05, 0) is 85.2 Å². The van der Waals surface area contributed by atoms with Crippen molar-refractivity contribution in [1.82, 2.24) is 24.7 Å². The van der Waals surface area contributed by atoms with Gasteiger partial charge in [-0.3, -0.25) is 34.9 Å². The minimum absolute atomic E-state index is 0.0189. The van der Waals surface area contributed by atoms with Gasteiger partial charge in [0.05, 0.1) is 16.6 Å². The van der Waals surface area contributed by atoms with Crippen LogP contribution in [0.3, 0.4) is 0 Å². The van der Waals surface area contributed by atoms with Gasteiger partial charge in [0.1, 0.15) is 0 Å². The van der Waals surface area contributed by atoms with Crippen LogP contribution in [0.2, 0.25) is 0 Å². The van der Waals surface area contributed by atoms with Crippen molar-refractivity contribution >= 4 is 40.5 Å². The molecule has 1 saturated carbocycles. The second kappa shape index (κ2) is 15.1. The third-order valence-electron chi connectivity index (χ3n) is 10.4. The maximum atomic E-state index is 13.4. The first-order chi connectivity index (χ1) is 25.0. The summed E-state index contributed by atoms with van der Waals surface area (Å²) in [6.07, 6.45) is -1.06. The highest BCUT2D eigenvalue weighted by molar-refractivity contribution is 6.06. The zero-order valence-corrected chi connectivity index (χ0v) is 28.7. The van der Waals surface area contributed by atoms with Crippen molar-refractivity contribution in [3.8, 4) is 0 Å². The fraction of sp³-hybridized carbons (Fsp3) is 0.421. The molecule has 4 aromatic rings. The van der Waals surface area contributed by atoms with Crippen molar-refractivity contribution in [1.29, 1.82) is 0 Å². The number of piperazine rings is 1. The van der Waals surface area contributed by atoms with Crippen LogP contribution in [0.15, 0.2) is 66.7 Å². The summed E-state index contributed by atoms with van der Waals surface area (Å²) in [4.78, 5) is 48.3. The minimum atomic E-state index is -4.57. The number of aliphatic hydroxyl groups excluding tert-OH is 1. The Morgan fingerprint density at radius 2 is 1.56 bits per heavy atom. The molecule has 2 saturated heterocycles. The smallest absolute Gasteiger partial charge is 0.396 e. The lowest BCUT2D eigenvalue weighted by Crippen LogP contribution is -2.49. The molecule has 0 radical (unpaired) electrons. The fourth-order valence-corrected chi connectivity index (χ4v) is 7.55. The van der Waals surface area contributed by atoms with Gasteiger partial charge < -0.3 is 9.67 Å². The van der Waals surface area contributed by atoms with Crippen molar-refractivity contribution in [2.75, 3.05) is 49.5 Å². The number of carbonyl (C=O) groups is 3. The van der Waals surface area contributed by atoms with Crippen LogP contribution in [0.1, 0.15) is 65.2 Å². The van der Waals surface area contributed by atoms with E-state index in [-0.39, 0.29) is 36.5 Å². The summed E-state index contributed by atoms with van der Waals surface area (Å²) in [7, 11) is 0. The molecule has 11 nitrogen and oxygen atoms in total. The molecule has 52 heavy (non-hydrogen) atoms. The average molecular weight is 718 g/mol. The van der Waals surface area contributed by atoms with Crippen molar-refractivity contribution in [2.45, 2.75) is 57.4 Å². The molecular weight excluding hydrogens is 675 g/mol. The molecule has 1 aliphatic carbocycles. The number of alkyl halides is 3. The van der Waals surface area contributed by atoms with Gasteiger partial charge in [0.25, 0.3) is 5.91 Å². The molecule has 3 N–H and O–H groups in total. The summed E-state index contributed by atoms with van der Waals surface area (Å²) in [5.74, 6) is -0.394. The summed E-state index contributed by atoms with van der Waals surface area (Å²) in [5, 5.41) is 14.9. The molecule has 0 atom stereocenters. The number of aromatic nitrogens is 2. The van der Waals surface area contributed by atoms with Gasteiger partial charge in [0, 0.05) is 76.1 Å². The van der Waals surface area contributed by atoms with Crippen LogP contribution in [0.4, 0.5) is 29.6 Å². The summed E-state index contributed by atoms with van der Waals surface area (Å²) >= 11 is 0. The number of urea groups is 1. The molecule has 3 heterocycles. The predicted molar refractivity (Wildman–Crippen MR) is 190 cm³/mol. The van der Waals surface area contributed by atoms with E-state index in [4.69, 9.17) is 4.98 Å². The Labute approximate surface area is 299 Å². The number of hydrogen-bond acceptors (Lipinski definition) is 7. The first-order valence-corrected chi connectivity index (χ1v) is 17.8. The number of fused-ring (bicyclic) bond motifs is 1. The number of nitrogens with zero attached hydrogens (tertiary/aromatic N) is 5. The Bertz CT molecular complexity index is 1950. The van der Waals surface area contributed by atoms with E-state index in [1.54, 1.807) is 4.90 Å². The quantitative estimate of drug-likeness (QED) is 0.200. The SMILES string of the molecule is O=C1CCN(c2cccc(CN3CCN(Cc4ccc5c(c4)nc(NC(=O)c4cccc(C(F)(F)F)c4)n5C4CCC(CO)CC4)CC3)c2)C(=O)N1. The van der Waals surface area contributed by atoms with Crippen LogP contribution in [-0.2, 0) is 24.1 Å². The highest BCUT2D eigenvalue weighted by Crippen LogP contribution is 2.37. The van der Waals surface area contributed by atoms with Crippen LogP contribution < -0.4 is 15.5 Å². The Morgan fingerprint density at radius 1 is 0.865 bits per heavy atom. The fourth-order valence-electron chi connectivity index (χ4n) is 7.55. The molecule has 1 aromatic heterocycles. The van der Waals surface area contributed by atoms with Crippen molar-refractivity contribution < 1.29 is 32.7 Å². The Balaban J connectivity index is 1.03. The summed E-state index contributed by atoms with van der Waals surface area (Å²) in [6.45, 7) is 5.38. The number of nitrogens with one attached hydrogen (secondary N) is 2. The summed E-state index contributed by atoms with van der Waals surface area (Å²) < 4.78 is 42.1. The normalized spacial score (nSPS) is 20.7. The van der Waals surface area contributed by atoms with E-state index < -0.39 is 23.7 Å². The zero-order valence-electron chi connectivity index (χ0n) is 28.7. The molecule has 0 unspecified atom stereocenters. The Morgan fingerprint density at radius 3 is 2.23 bits per heavy atom. The number of anilines is 2. The van der Waals surface area contributed by atoms with E-state index in [1.807, 2.05) is 41.0 Å². The van der Waals surface area contributed by atoms with Gasteiger partial charge in [-0.15, -0.1) is 0 Å². The zero-order chi connectivity index (χ0) is 36.4. The molecule has 14 heteroatoms. The number of aliphatic hydroxyl groups is 1. The maximum absolute atomic E-state index is 13.4. The Hall–Kier alpha value is -4.79. The van der Waals surface area contributed by atoms with E-state index in [2.05, 4.69) is 26.5 Å². The standard InChI is InChI=1S/C38H42F3N7O4/c39-38(40,41)29-5-2-4-28(21-29)35(51)44-36-42-32-20-27(9-12-33(32)48(36)30-10-7-25(24-49)8-11-30)23-46-17-15-45(16-18-46)22-26-3-1-6-31(19-26)47-14-13-34(50)43-37(47)52/h1-6,9,12,19-21,25,30,49H,7-8,10-11,13-18,22-24H2,(H,42,44,51)(H,43,50,52). The first kappa shape index (κ1) is 35.6. The average Bonchev–Trinajstić information content (AvgIpc) is 3.49. The summed E-state index contributed by atoms with van der Waals surface area (Å²) in [5.41, 5.74) is 3.49. The van der Waals surface area contributed by atoms with Crippen molar-refractivity contribution in [3.63, 3.8) is 0 Å². The van der Waals surface area contributed by atoms with E-state index in [0.717, 1.165) is 92.9 Å². The number of rotatable bonds is 9. The van der Waals surface area contributed by atoms with Crippen LogP contribution in [0.25, 0.3) is 11.0 Å². The van der Waals surface area contributed by atoms with Gasteiger partial charge >= 0.3 is 12.2 Å². The van der Waals surface area contributed by atoms with Crippen molar-refractivity contribution in [2.24, 2.45) is 5.92 Å². The monoisotopic (exact) mass is 717 g/mol. The lowest BCUT2D eigenvalue weighted by atomic mass is 9.86. The van der Waals surface area contributed by atoms with Crippen LogP contribution in [0, 0.1) is 5.92 Å². The predicted octanol–water partition coefficient (Wildman–Crippen LogP) is 5.80. The minimum Gasteiger partial charge on any atom is -0.396 e. The Kier molecular flexibility index (Phi) is 10.3. The van der Waals surface area contributed by atoms with Gasteiger partial charge in [0.15, 0.2) is 0 Å². The topological polar surface area (TPSA) is 123 Å². The molecule has 2 aliphatic heterocycles. The molecular formula is C38H42F3N7O4. The highest BCUT2D eigenvalue weighted by Gasteiger charge is 2.32. The highest BCUT2D eigenvalue weighted by atomic mass is 19.4. The third-order valence-corrected chi connectivity index (χ3v) is 10.4. The number of imidazole rings is 1.